The molecule has 1 aromatic rings. The Labute approximate surface area is 120 Å². The lowest BCUT2D eigenvalue weighted by Crippen LogP contribution is -2.30. The van der Waals surface area contributed by atoms with Gasteiger partial charge in [-0.1, -0.05) is 11.6 Å². The molecule has 0 aliphatic carbocycles. The average Bonchev–Trinajstić information content (AvgIpc) is 2.42. The van der Waals surface area contributed by atoms with E-state index in [2.05, 4.69) is 12.2 Å². The fraction of sp³-hybridized carbons (Fsp3) is 0.571. The van der Waals surface area contributed by atoms with E-state index in [1.54, 1.807) is 14.2 Å². The molecule has 0 fully saturated rings. The van der Waals surface area contributed by atoms with Gasteiger partial charge in [0.1, 0.15) is 0 Å². The van der Waals surface area contributed by atoms with Crippen LogP contribution in [0.1, 0.15) is 19.4 Å². The van der Waals surface area contributed by atoms with Gasteiger partial charge in [0.15, 0.2) is 11.5 Å². The molecule has 0 bridgehead atoms. The fourth-order valence-corrected chi connectivity index (χ4v) is 2.03. The van der Waals surface area contributed by atoms with E-state index in [9.17, 15) is 0 Å². The van der Waals surface area contributed by atoms with E-state index in [1.807, 2.05) is 19.1 Å². The summed E-state index contributed by atoms with van der Waals surface area (Å²) in [5.41, 5.74) is 1.05. The van der Waals surface area contributed by atoms with Gasteiger partial charge in [0.25, 0.3) is 0 Å². The van der Waals surface area contributed by atoms with E-state index in [4.69, 9.17) is 25.8 Å². The van der Waals surface area contributed by atoms with Crippen LogP contribution in [0.3, 0.4) is 0 Å². The molecule has 5 heteroatoms. The summed E-state index contributed by atoms with van der Waals surface area (Å²) in [6, 6.07) is 4.08. The van der Waals surface area contributed by atoms with Gasteiger partial charge in [0.2, 0.25) is 0 Å². The van der Waals surface area contributed by atoms with Crippen molar-refractivity contribution in [3.8, 4) is 11.5 Å². The van der Waals surface area contributed by atoms with Crippen molar-refractivity contribution in [3.05, 3.63) is 22.7 Å². The Morgan fingerprint density at radius 3 is 2.58 bits per heavy atom. The first-order valence-electron chi connectivity index (χ1n) is 6.33. The van der Waals surface area contributed by atoms with Crippen LogP contribution in [0.5, 0.6) is 11.5 Å². The molecule has 0 saturated heterocycles. The zero-order valence-electron chi connectivity index (χ0n) is 12.0. The number of rotatable bonds is 8. The van der Waals surface area contributed by atoms with E-state index in [0.717, 1.165) is 12.2 Å². The molecule has 0 aliphatic heterocycles. The number of hydrogen-bond donors (Lipinski definition) is 1. The van der Waals surface area contributed by atoms with E-state index in [1.165, 1.54) is 0 Å². The van der Waals surface area contributed by atoms with Crippen molar-refractivity contribution >= 4 is 11.6 Å². The van der Waals surface area contributed by atoms with Gasteiger partial charge >= 0.3 is 0 Å². The number of benzene rings is 1. The molecule has 1 aromatic carbocycles. The van der Waals surface area contributed by atoms with Gasteiger partial charge in [-0.15, -0.1) is 0 Å². The minimum absolute atomic E-state index is 0.284. The van der Waals surface area contributed by atoms with Crippen LogP contribution in [0.25, 0.3) is 0 Å². The molecule has 0 spiro atoms. The van der Waals surface area contributed by atoms with Crippen molar-refractivity contribution in [2.24, 2.45) is 0 Å². The average molecular weight is 288 g/mol. The van der Waals surface area contributed by atoms with Gasteiger partial charge in [0.05, 0.1) is 25.8 Å². The second kappa shape index (κ2) is 8.25. The molecule has 1 unspecified atom stereocenters. The lowest BCUT2D eigenvalue weighted by atomic mass is 10.2. The Kier molecular flexibility index (Phi) is 6.99. The molecule has 0 saturated carbocycles. The summed E-state index contributed by atoms with van der Waals surface area (Å²) in [5.74, 6) is 1.21. The third-order valence-electron chi connectivity index (χ3n) is 2.72. The number of ether oxygens (including phenoxy) is 3. The van der Waals surface area contributed by atoms with Crippen molar-refractivity contribution in [1.29, 1.82) is 0 Å². The first-order chi connectivity index (χ1) is 9.12. The Balaban J connectivity index is 2.66. The molecule has 1 rings (SSSR count). The highest BCUT2D eigenvalue weighted by Crippen LogP contribution is 2.35. The van der Waals surface area contributed by atoms with Crippen molar-refractivity contribution in [3.63, 3.8) is 0 Å². The third kappa shape index (κ3) is 4.90. The van der Waals surface area contributed by atoms with Gasteiger partial charge < -0.3 is 19.5 Å². The summed E-state index contributed by atoms with van der Waals surface area (Å²) in [6.45, 7) is 6.19. The number of hydrogen-bond acceptors (Lipinski definition) is 4. The van der Waals surface area contributed by atoms with Gasteiger partial charge in [0, 0.05) is 19.2 Å². The third-order valence-corrected chi connectivity index (χ3v) is 3.00. The Bertz CT molecular complexity index is 399. The maximum atomic E-state index is 6.15. The normalized spacial score (nSPS) is 12.3. The highest BCUT2D eigenvalue weighted by Gasteiger charge is 2.11. The van der Waals surface area contributed by atoms with Crippen LogP contribution in [0.4, 0.5) is 0 Å². The molecule has 0 radical (unpaired) electrons. The van der Waals surface area contributed by atoms with Crippen LogP contribution >= 0.6 is 11.6 Å². The summed E-state index contributed by atoms with van der Waals surface area (Å²) in [6.07, 6.45) is 0. The van der Waals surface area contributed by atoms with Crippen LogP contribution in [-0.4, -0.2) is 33.5 Å². The SMILES string of the molecule is CCOCC(C)NCc1cc(Cl)c(OC)c(OC)c1. The fourth-order valence-electron chi connectivity index (χ4n) is 1.72. The summed E-state index contributed by atoms with van der Waals surface area (Å²) in [5, 5.41) is 3.92. The molecule has 0 amide bonds. The molecule has 4 nitrogen and oxygen atoms in total. The molecule has 19 heavy (non-hydrogen) atoms. The monoisotopic (exact) mass is 287 g/mol. The zero-order valence-corrected chi connectivity index (χ0v) is 12.7. The molecule has 1 atom stereocenters. The molecule has 1 N–H and O–H groups in total. The molecular formula is C14H22ClNO3. The first kappa shape index (κ1) is 16.1. The number of methoxy groups -OCH3 is 2. The van der Waals surface area contributed by atoms with E-state index >= 15 is 0 Å². The molecular weight excluding hydrogens is 266 g/mol. The number of halogens is 1. The lowest BCUT2D eigenvalue weighted by molar-refractivity contribution is 0.127. The van der Waals surface area contributed by atoms with E-state index in [-0.39, 0.29) is 6.04 Å². The maximum Gasteiger partial charge on any atom is 0.179 e. The van der Waals surface area contributed by atoms with Crippen molar-refractivity contribution < 1.29 is 14.2 Å². The van der Waals surface area contributed by atoms with Crippen molar-refractivity contribution in [2.45, 2.75) is 26.4 Å². The second-order valence-electron chi connectivity index (χ2n) is 4.25. The number of nitrogens with one attached hydrogen (secondary N) is 1. The quantitative estimate of drug-likeness (QED) is 0.798. The van der Waals surface area contributed by atoms with Crippen LogP contribution in [0.2, 0.25) is 5.02 Å². The highest BCUT2D eigenvalue weighted by molar-refractivity contribution is 6.32. The van der Waals surface area contributed by atoms with E-state index < -0.39 is 0 Å². The smallest absolute Gasteiger partial charge is 0.179 e. The van der Waals surface area contributed by atoms with Gasteiger partial charge in [-0.05, 0) is 31.5 Å². The predicted molar refractivity (Wildman–Crippen MR) is 77.4 cm³/mol. The summed E-state index contributed by atoms with van der Waals surface area (Å²) >= 11 is 6.15. The largest absolute Gasteiger partial charge is 0.493 e. The molecule has 0 aromatic heterocycles. The Hall–Kier alpha value is -0.970. The maximum absolute atomic E-state index is 6.15. The van der Waals surface area contributed by atoms with Crippen LogP contribution in [0, 0.1) is 0 Å². The van der Waals surface area contributed by atoms with Crippen molar-refractivity contribution in [2.75, 3.05) is 27.4 Å². The summed E-state index contributed by atoms with van der Waals surface area (Å²) in [4.78, 5) is 0. The minimum atomic E-state index is 0.284. The first-order valence-corrected chi connectivity index (χ1v) is 6.71. The van der Waals surface area contributed by atoms with Gasteiger partial charge in [-0.2, -0.15) is 0 Å². The summed E-state index contributed by atoms with van der Waals surface area (Å²) in [7, 11) is 3.18. The standard InChI is InChI=1S/C14H22ClNO3/c1-5-19-9-10(2)16-8-11-6-12(15)14(18-4)13(7-11)17-3/h6-7,10,16H,5,8-9H2,1-4H3. The van der Waals surface area contributed by atoms with Gasteiger partial charge in [-0.3, -0.25) is 0 Å². The highest BCUT2D eigenvalue weighted by atomic mass is 35.5. The second-order valence-corrected chi connectivity index (χ2v) is 4.66. The minimum Gasteiger partial charge on any atom is -0.493 e. The van der Waals surface area contributed by atoms with Crippen LogP contribution in [-0.2, 0) is 11.3 Å². The molecule has 0 aliphatic rings. The predicted octanol–water partition coefficient (Wildman–Crippen LogP) is 2.87. The van der Waals surface area contributed by atoms with Crippen molar-refractivity contribution in [1.82, 2.24) is 5.32 Å². The molecule has 0 heterocycles. The van der Waals surface area contributed by atoms with E-state index in [0.29, 0.717) is 29.7 Å². The Morgan fingerprint density at radius 1 is 1.26 bits per heavy atom. The van der Waals surface area contributed by atoms with Gasteiger partial charge in [-0.25, -0.2) is 0 Å². The summed E-state index contributed by atoms with van der Waals surface area (Å²) < 4.78 is 15.8. The van der Waals surface area contributed by atoms with Crippen LogP contribution in [0.15, 0.2) is 12.1 Å². The zero-order chi connectivity index (χ0) is 14.3. The molecule has 108 valence electrons. The lowest BCUT2D eigenvalue weighted by Gasteiger charge is -2.15. The Morgan fingerprint density at radius 2 is 2.00 bits per heavy atom. The topological polar surface area (TPSA) is 39.7 Å². The van der Waals surface area contributed by atoms with Crippen LogP contribution < -0.4 is 14.8 Å².